The minimum Gasteiger partial charge on any atom is -0.497 e. The molecule has 0 bridgehead atoms. The van der Waals surface area contributed by atoms with Crippen LogP contribution in [0.2, 0.25) is 0 Å². The first kappa shape index (κ1) is 25.4. The number of H-pyrrole nitrogens is 1. The van der Waals surface area contributed by atoms with Crippen LogP contribution in [0, 0.1) is 0 Å². The van der Waals surface area contributed by atoms with Crippen molar-refractivity contribution >= 4 is 17.6 Å². The lowest BCUT2D eigenvalue weighted by Gasteiger charge is -2.24. The highest BCUT2D eigenvalue weighted by Crippen LogP contribution is 2.31. The summed E-state index contributed by atoms with van der Waals surface area (Å²) < 4.78 is 10.6. The van der Waals surface area contributed by atoms with Gasteiger partial charge in [-0.3, -0.25) is 19.2 Å². The van der Waals surface area contributed by atoms with Gasteiger partial charge in [0, 0.05) is 12.5 Å². The Morgan fingerprint density at radius 1 is 1.08 bits per heavy atom. The van der Waals surface area contributed by atoms with Crippen LogP contribution in [0.5, 0.6) is 5.75 Å². The van der Waals surface area contributed by atoms with Crippen LogP contribution < -0.4 is 20.9 Å². The Labute approximate surface area is 209 Å². The van der Waals surface area contributed by atoms with E-state index in [0.717, 1.165) is 30.4 Å². The minimum absolute atomic E-state index is 0.0395. The van der Waals surface area contributed by atoms with Gasteiger partial charge in [-0.05, 0) is 56.4 Å². The average Bonchev–Trinajstić information content (AvgIpc) is 3.41. The summed E-state index contributed by atoms with van der Waals surface area (Å²) in [5, 5.41) is 5.60. The topological polar surface area (TPSA) is 130 Å². The van der Waals surface area contributed by atoms with E-state index in [1.54, 1.807) is 38.3 Å². The van der Waals surface area contributed by atoms with Gasteiger partial charge in [0.25, 0.3) is 5.91 Å². The number of aromatic nitrogens is 1. The van der Waals surface area contributed by atoms with E-state index in [-0.39, 0.29) is 17.9 Å². The number of hydrogen-bond acceptors (Lipinski definition) is 6. The highest BCUT2D eigenvalue weighted by molar-refractivity contribution is 5.99. The summed E-state index contributed by atoms with van der Waals surface area (Å²) in [7, 11) is 1.56. The van der Waals surface area contributed by atoms with Gasteiger partial charge in [-0.15, -0.1) is 0 Å². The SMILES string of the molecule is COc1ccc(C[C@H](NC(=O)c2cccc(=O)[nH]2)C(=O)N[C@@H](CC2=CCCC2)C(=O)[C@@]2(C)CO2)cc1. The molecule has 1 aromatic heterocycles. The number of carbonyl (C=O) groups is 3. The summed E-state index contributed by atoms with van der Waals surface area (Å²) in [6.45, 7) is 2.05. The molecule has 36 heavy (non-hydrogen) atoms. The van der Waals surface area contributed by atoms with E-state index < -0.39 is 35.1 Å². The van der Waals surface area contributed by atoms with E-state index in [2.05, 4.69) is 21.7 Å². The summed E-state index contributed by atoms with van der Waals surface area (Å²) in [5.41, 5.74) is 0.645. The van der Waals surface area contributed by atoms with Crippen molar-refractivity contribution in [1.82, 2.24) is 15.6 Å². The van der Waals surface area contributed by atoms with E-state index in [4.69, 9.17) is 9.47 Å². The molecule has 2 aliphatic rings. The van der Waals surface area contributed by atoms with Gasteiger partial charge in [-0.2, -0.15) is 0 Å². The quantitative estimate of drug-likeness (QED) is 0.325. The third-order valence-electron chi connectivity index (χ3n) is 6.57. The fraction of sp³-hybridized carbons (Fsp3) is 0.407. The number of ketones is 1. The van der Waals surface area contributed by atoms with Gasteiger partial charge in [-0.25, -0.2) is 0 Å². The molecule has 2 aromatic rings. The summed E-state index contributed by atoms with van der Waals surface area (Å²) in [6, 6.07) is 9.62. The average molecular weight is 494 g/mol. The Morgan fingerprint density at radius 3 is 2.44 bits per heavy atom. The molecule has 1 aliphatic carbocycles. The zero-order valence-corrected chi connectivity index (χ0v) is 20.5. The number of ether oxygens (including phenoxy) is 2. The van der Waals surface area contributed by atoms with Crippen molar-refractivity contribution in [3.8, 4) is 5.75 Å². The van der Waals surface area contributed by atoms with Crippen LogP contribution in [0.4, 0.5) is 0 Å². The lowest BCUT2D eigenvalue weighted by molar-refractivity contribution is -0.131. The van der Waals surface area contributed by atoms with Crippen LogP contribution in [0.3, 0.4) is 0 Å². The zero-order chi connectivity index (χ0) is 25.7. The Bertz CT molecular complexity index is 1210. The van der Waals surface area contributed by atoms with E-state index in [9.17, 15) is 19.2 Å². The summed E-state index contributed by atoms with van der Waals surface area (Å²) in [5.74, 6) is -0.594. The van der Waals surface area contributed by atoms with Gasteiger partial charge in [0.15, 0.2) is 5.78 Å². The Morgan fingerprint density at radius 2 is 1.83 bits per heavy atom. The van der Waals surface area contributed by atoms with E-state index >= 15 is 0 Å². The minimum atomic E-state index is -0.990. The number of methoxy groups -OCH3 is 1. The molecular formula is C27H31N3O6. The molecule has 1 aromatic carbocycles. The lowest BCUT2D eigenvalue weighted by Crippen LogP contribution is -2.54. The molecular weight excluding hydrogens is 462 g/mol. The van der Waals surface area contributed by atoms with Crippen LogP contribution in [-0.2, 0) is 20.7 Å². The third kappa shape index (κ3) is 6.28. The number of benzene rings is 1. The number of rotatable bonds is 11. The maximum absolute atomic E-state index is 13.5. The highest BCUT2D eigenvalue weighted by Gasteiger charge is 2.50. The lowest BCUT2D eigenvalue weighted by atomic mass is 9.94. The fourth-order valence-corrected chi connectivity index (χ4v) is 4.31. The van der Waals surface area contributed by atoms with Crippen LogP contribution in [0.25, 0.3) is 0 Å². The maximum Gasteiger partial charge on any atom is 0.268 e. The van der Waals surface area contributed by atoms with Crippen LogP contribution in [-0.4, -0.2) is 54.0 Å². The van der Waals surface area contributed by atoms with Crippen molar-refractivity contribution in [2.75, 3.05) is 13.7 Å². The molecule has 4 rings (SSSR count). The molecule has 2 amide bonds. The van der Waals surface area contributed by atoms with Crippen LogP contribution in [0.1, 0.15) is 48.7 Å². The van der Waals surface area contributed by atoms with Gasteiger partial charge in [-0.1, -0.05) is 29.8 Å². The molecule has 1 fully saturated rings. The Hall–Kier alpha value is -3.72. The number of nitrogens with one attached hydrogen (secondary N) is 3. The molecule has 9 heteroatoms. The van der Waals surface area contributed by atoms with Crippen molar-refractivity contribution in [1.29, 1.82) is 0 Å². The molecule has 190 valence electrons. The second kappa shape index (κ2) is 10.9. The molecule has 1 saturated heterocycles. The van der Waals surface area contributed by atoms with Gasteiger partial charge in [0.2, 0.25) is 11.5 Å². The van der Waals surface area contributed by atoms with Crippen molar-refractivity contribution < 1.29 is 23.9 Å². The Balaban J connectivity index is 1.55. The number of Topliss-reactive ketones (excluding diaryl/α,β-unsaturated/α-hetero) is 1. The smallest absolute Gasteiger partial charge is 0.268 e. The molecule has 2 heterocycles. The monoisotopic (exact) mass is 493 g/mol. The van der Waals surface area contributed by atoms with Gasteiger partial charge < -0.3 is 25.1 Å². The van der Waals surface area contributed by atoms with Crippen molar-refractivity contribution in [3.63, 3.8) is 0 Å². The first-order valence-corrected chi connectivity index (χ1v) is 12.1. The summed E-state index contributed by atoms with van der Waals surface area (Å²) in [4.78, 5) is 53.7. The number of allylic oxidation sites excluding steroid dienone is 1. The standard InChI is InChI=1S/C27H31N3O6/c1-27(16-36-27)24(32)21(14-17-6-3-4-7-17)29-26(34)22(15-18-10-12-19(35-2)13-11-18)30-25(33)20-8-5-9-23(31)28-20/h5-6,8-13,21-22H,3-4,7,14-16H2,1-2H3,(H,28,31)(H,29,34)(H,30,33)/t21-,22-,27+/m0/s1. The molecule has 0 saturated carbocycles. The largest absolute Gasteiger partial charge is 0.497 e. The third-order valence-corrected chi connectivity index (χ3v) is 6.57. The molecule has 3 N–H and O–H groups in total. The number of epoxide rings is 1. The predicted octanol–water partition coefficient (Wildman–Crippen LogP) is 2.07. The maximum atomic E-state index is 13.5. The van der Waals surface area contributed by atoms with Gasteiger partial charge in [0.05, 0.1) is 19.8 Å². The van der Waals surface area contributed by atoms with Crippen molar-refractivity contribution in [2.45, 2.75) is 56.7 Å². The predicted molar refractivity (Wildman–Crippen MR) is 133 cm³/mol. The normalized spacial score (nSPS) is 20.1. The van der Waals surface area contributed by atoms with E-state index in [1.165, 1.54) is 18.2 Å². The van der Waals surface area contributed by atoms with Crippen LogP contribution in [0.15, 0.2) is 58.9 Å². The molecule has 0 unspecified atom stereocenters. The van der Waals surface area contributed by atoms with Gasteiger partial charge >= 0.3 is 0 Å². The van der Waals surface area contributed by atoms with E-state index in [0.29, 0.717) is 18.8 Å². The molecule has 0 spiro atoms. The van der Waals surface area contributed by atoms with Crippen molar-refractivity contribution in [2.24, 2.45) is 0 Å². The summed E-state index contributed by atoms with van der Waals surface area (Å²) >= 11 is 0. The van der Waals surface area contributed by atoms with Crippen molar-refractivity contribution in [3.05, 3.63) is 75.7 Å². The van der Waals surface area contributed by atoms with Gasteiger partial charge in [0.1, 0.15) is 23.1 Å². The molecule has 3 atom stereocenters. The molecule has 9 nitrogen and oxygen atoms in total. The Kier molecular flexibility index (Phi) is 7.69. The number of aromatic amines is 1. The second-order valence-electron chi connectivity index (χ2n) is 9.41. The highest BCUT2D eigenvalue weighted by atomic mass is 16.6. The number of carbonyl (C=O) groups excluding carboxylic acids is 3. The molecule has 1 aliphatic heterocycles. The van der Waals surface area contributed by atoms with E-state index in [1.807, 2.05) is 0 Å². The molecule has 0 radical (unpaired) electrons. The number of pyridine rings is 1. The number of amides is 2. The first-order chi connectivity index (χ1) is 17.3. The second-order valence-corrected chi connectivity index (χ2v) is 9.41. The number of hydrogen-bond donors (Lipinski definition) is 3. The zero-order valence-electron chi connectivity index (χ0n) is 20.5. The summed E-state index contributed by atoms with van der Waals surface area (Å²) in [6.07, 6.45) is 5.59. The fourth-order valence-electron chi connectivity index (χ4n) is 4.31. The van der Waals surface area contributed by atoms with Crippen LogP contribution >= 0.6 is 0 Å². The first-order valence-electron chi connectivity index (χ1n) is 12.1.